The molecule has 0 unspecified atom stereocenters. The molecule has 0 aliphatic heterocycles. The number of rotatable bonds is 5. The molecule has 0 bridgehead atoms. The Kier molecular flexibility index (Phi) is 4.30. The molecule has 2 heterocycles. The first-order valence-corrected chi connectivity index (χ1v) is 6.62. The molecule has 0 atom stereocenters. The summed E-state index contributed by atoms with van der Waals surface area (Å²) in [6, 6.07) is 7.63. The first-order chi connectivity index (χ1) is 8.79. The van der Waals surface area contributed by atoms with Crippen molar-refractivity contribution in [3.63, 3.8) is 0 Å². The van der Waals surface area contributed by atoms with Gasteiger partial charge in [-0.05, 0) is 30.0 Å². The van der Waals surface area contributed by atoms with Gasteiger partial charge in [0.15, 0.2) is 0 Å². The third-order valence-electron chi connectivity index (χ3n) is 2.52. The number of carbonyl (C=O) groups is 1. The summed E-state index contributed by atoms with van der Waals surface area (Å²) in [5.41, 5.74) is 0.583. The van der Waals surface area contributed by atoms with Crippen LogP contribution in [0.25, 0.3) is 0 Å². The van der Waals surface area contributed by atoms with Crippen LogP contribution in [-0.4, -0.2) is 24.5 Å². The fourth-order valence-corrected chi connectivity index (χ4v) is 2.24. The monoisotopic (exact) mass is 261 g/mol. The molecule has 0 radical (unpaired) electrons. The van der Waals surface area contributed by atoms with E-state index in [0.717, 1.165) is 12.2 Å². The van der Waals surface area contributed by atoms with Crippen LogP contribution in [0.3, 0.4) is 0 Å². The summed E-state index contributed by atoms with van der Waals surface area (Å²) < 4.78 is 0. The molecule has 0 aliphatic carbocycles. The van der Waals surface area contributed by atoms with Crippen LogP contribution in [0.1, 0.15) is 15.2 Å². The van der Waals surface area contributed by atoms with Gasteiger partial charge in [0, 0.05) is 24.7 Å². The van der Waals surface area contributed by atoms with Crippen LogP contribution in [0.2, 0.25) is 0 Å². The van der Waals surface area contributed by atoms with Crippen molar-refractivity contribution in [2.45, 2.75) is 6.42 Å². The van der Waals surface area contributed by atoms with Gasteiger partial charge in [-0.3, -0.25) is 4.79 Å². The fraction of sp³-hybridized carbons (Fsp3) is 0.231. The molecule has 94 valence electrons. The van der Waals surface area contributed by atoms with Gasteiger partial charge in [-0.15, -0.1) is 11.3 Å². The maximum absolute atomic E-state index is 11.8. The average Bonchev–Trinajstić information content (AvgIpc) is 2.92. The number of amides is 1. The third-order valence-corrected chi connectivity index (χ3v) is 3.46. The highest BCUT2D eigenvalue weighted by Gasteiger charge is 2.05. The highest BCUT2D eigenvalue weighted by molar-refractivity contribution is 7.09. The van der Waals surface area contributed by atoms with Gasteiger partial charge < -0.3 is 10.6 Å². The number of nitrogens with zero attached hydrogens (tertiary/aromatic N) is 1. The largest absolute Gasteiger partial charge is 0.373 e. The van der Waals surface area contributed by atoms with Gasteiger partial charge in [0.25, 0.3) is 5.91 Å². The molecular formula is C13H15N3OS. The normalized spacial score (nSPS) is 10.1. The van der Waals surface area contributed by atoms with Crippen molar-refractivity contribution in [1.29, 1.82) is 0 Å². The Morgan fingerprint density at radius 3 is 2.89 bits per heavy atom. The van der Waals surface area contributed by atoms with E-state index in [1.54, 1.807) is 36.7 Å². The van der Waals surface area contributed by atoms with Crippen LogP contribution < -0.4 is 10.6 Å². The van der Waals surface area contributed by atoms with Gasteiger partial charge >= 0.3 is 0 Å². The second kappa shape index (κ2) is 6.16. The maximum atomic E-state index is 11.8. The summed E-state index contributed by atoms with van der Waals surface area (Å²) in [7, 11) is 1.79. The van der Waals surface area contributed by atoms with Crippen molar-refractivity contribution < 1.29 is 4.79 Å². The molecule has 2 N–H and O–H groups in total. The van der Waals surface area contributed by atoms with Gasteiger partial charge in [-0.2, -0.15) is 0 Å². The number of anilines is 1. The quantitative estimate of drug-likeness (QED) is 0.867. The number of aromatic nitrogens is 1. The Bertz CT molecular complexity index is 493. The first-order valence-electron chi connectivity index (χ1n) is 5.74. The highest BCUT2D eigenvalue weighted by Crippen LogP contribution is 2.08. The van der Waals surface area contributed by atoms with E-state index in [1.165, 1.54) is 4.88 Å². The summed E-state index contributed by atoms with van der Waals surface area (Å²) in [5, 5.41) is 7.83. The summed E-state index contributed by atoms with van der Waals surface area (Å²) in [5.74, 6) is 0.673. The molecule has 2 aromatic heterocycles. The second-order valence-corrected chi connectivity index (χ2v) is 4.80. The summed E-state index contributed by atoms with van der Waals surface area (Å²) >= 11 is 1.70. The number of hydrogen-bond donors (Lipinski definition) is 2. The minimum absolute atomic E-state index is 0.0818. The molecule has 0 saturated heterocycles. The fourth-order valence-electron chi connectivity index (χ4n) is 1.53. The van der Waals surface area contributed by atoms with Crippen molar-refractivity contribution in [3.8, 4) is 0 Å². The molecule has 5 heteroatoms. The lowest BCUT2D eigenvalue weighted by Crippen LogP contribution is -2.25. The van der Waals surface area contributed by atoms with Crippen molar-refractivity contribution in [2.75, 3.05) is 18.9 Å². The molecule has 0 spiro atoms. The van der Waals surface area contributed by atoms with Crippen LogP contribution in [0.4, 0.5) is 5.82 Å². The average molecular weight is 261 g/mol. The Labute approximate surface area is 110 Å². The van der Waals surface area contributed by atoms with E-state index < -0.39 is 0 Å². The van der Waals surface area contributed by atoms with E-state index in [-0.39, 0.29) is 5.91 Å². The number of hydrogen-bond acceptors (Lipinski definition) is 4. The van der Waals surface area contributed by atoms with Gasteiger partial charge in [-0.1, -0.05) is 6.07 Å². The Morgan fingerprint density at radius 2 is 2.28 bits per heavy atom. The van der Waals surface area contributed by atoms with E-state index in [1.807, 2.05) is 11.4 Å². The lowest BCUT2D eigenvalue weighted by Gasteiger charge is -2.05. The lowest BCUT2D eigenvalue weighted by molar-refractivity contribution is 0.0954. The van der Waals surface area contributed by atoms with Crippen LogP contribution >= 0.6 is 11.3 Å². The molecule has 4 nitrogen and oxygen atoms in total. The number of carbonyl (C=O) groups excluding carboxylic acids is 1. The van der Waals surface area contributed by atoms with Crippen molar-refractivity contribution >= 4 is 23.1 Å². The Morgan fingerprint density at radius 1 is 1.39 bits per heavy atom. The van der Waals surface area contributed by atoms with Crippen molar-refractivity contribution in [3.05, 3.63) is 46.3 Å². The van der Waals surface area contributed by atoms with Crippen molar-refractivity contribution in [1.82, 2.24) is 10.3 Å². The predicted octanol–water partition coefficient (Wildman–Crippen LogP) is 2.16. The van der Waals surface area contributed by atoms with Crippen LogP contribution in [-0.2, 0) is 6.42 Å². The minimum atomic E-state index is -0.0818. The molecule has 2 rings (SSSR count). The van der Waals surface area contributed by atoms with Gasteiger partial charge in [0.05, 0.1) is 5.56 Å². The third kappa shape index (κ3) is 3.30. The summed E-state index contributed by atoms with van der Waals surface area (Å²) in [4.78, 5) is 17.2. The van der Waals surface area contributed by atoms with E-state index in [2.05, 4.69) is 21.7 Å². The van der Waals surface area contributed by atoms with Crippen LogP contribution in [0.5, 0.6) is 0 Å². The number of thiophene rings is 1. The van der Waals surface area contributed by atoms with E-state index in [9.17, 15) is 4.79 Å². The smallest absolute Gasteiger partial charge is 0.252 e. The Balaban J connectivity index is 1.83. The van der Waals surface area contributed by atoms with E-state index >= 15 is 0 Å². The molecular weight excluding hydrogens is 246 g/mol. The zero-order valence-electron chi connectivity index (χ0n) is 10.1. The topological polar surface area (TPSA) is 54.0 Å². The Hall–Kier alpha value is -1.88. The second-order valence-electron chi connectivity index (χ2n) is 3.77. The molecule has 18 heavy (non-hydrogen) atoms. The highest BCUT2D eigenvalue weighted by atomic mass is 32.1. The SMILES string of the molecule is CNc1ccc(C(=O)NCCc2cccs2)cn1. The van der Waals surface area contributed by atoms with Gasteiger partial charge in [-0.25, -0.2) is 4.98 Å². The number of nitrogens with one attached hydrogen (secondary N) is 2. The predicted molar refractivity (Wildman–Crippen MR) is 74.1 cm³/mol. The van der Waals surface area contributed by atoms with E-state index in [0.29, 0.717) is 12.1 Å². The molecule has 0 saturated carbocycles. The summed E-state index contributed by atoms with van der Waals surface area (Å²) in [6.45, 7) is 0.646. The summed E-state index contributed by atoms with van der Waals surface area (Å²) in [6.07, 6.45) is 2.44. The van der Waals surface area contributed by atoms with Gasteiger partial charge in [0.1, 0.15) is 5.82 Å². The molecule has 0 aromatic carbocycles. The van der Waals surface area contributed by atoms with E-state index in [4.69, 9.17) is 0 Å². The van der Waals surface area contributed by atoms with Crippen LogP contribution in [0.15, 0.2) is 35.8 Å². The molecule has 0 fully saturated rings. The lowest BCUT2D eigenvalue weighted by atomic mass is 10.2. The molecule has 0 aliphatic rings. The molecule has 2 aromatic rings. The first kappa shape index (κ1) is 12.6. The standard InChI is InChI=1S/C13H15N3OS/c1-14-12-5-4-10(9-16-12)13(17)15-7-6-11-3-2-8-18-11/h2-5,8-9H,6-7H2,1H3,(H,14,16)(H,15,17). The minimum Gasteiger partial charge on any atom is -0.373 e. The zero-order valence-corrected chi connectivity index (χ0v) is 11.0. The maximum Gasteiger partial charge on any atom is 0.252 e. The number of pyridine rings is 1. The van der Waals surface area contributed by atoms with Crippen LogP contribution in [0, 0.1) is 0 Å². The van der Waals surface area contributed by atoms with Crippen molar-refractivity contribution in [2.24, 2.45) is 0 Å². The molecule has 1 amide bonds. The van der Waals surface area contributed by atoms with Gasteiger partial charge in [0.2, 0.25) is 0 Å². The zero-order chi connectivity index (χ0) is 12.8.